The maximum atomic E-state index is 10.9. The standard InChI is InChI=1S/C14H12N4O2S/c19-13(20)11-4-1-5-12(7-11)17-14(21)18-16-9-10-3-2-6-15-8-10/h1-9H,(H,19,20)(H2,17,18,21). The molecule has 0 aliphatic rings. The number of aromatic carboxylic acids is 1. The van der Waals surface area contributed by atoms with Crippen molar-refractivity contribution in [3.8, 4) is 0 Å². The maximum absolute atomic E-state index is 10.9. The fraction of sp³-hybridized carbons (Fsp3) is 0. The van der Waals surface area contributed by atoms with Gasteiger partial charge in [0.1, 0.15) is 0 Å². The SMILES string of the molecule is O=C(O)c1cccc(NC(=S)NN=Cc2cccnc2)c1. The number of nitrogens with one attached hydrogen (secondary N) is 2. The highest BCUT2D eigenvalue weighted by atomic mass is 32.1. The average Bonchev–Trinajstić information content (AvgIpc) is 2.48. The number of hydrogen-bond donors (Lipinski definition) is 3. The summed E-state index contributed by atoms with van der Waals surface area (Å²) < 4.78 is 0. The minimum atomic E-state index is -0.993. The molecule has 0 saturated heterocycles. The zero-order valence-electron chi connectivity index (χ0n) is 10.9. The Morgan fingerprint density at radius 1 is 1.33 bits per heavy atom. The maximum Gasteiger partial charge on any atom is 0.335 e. The van der Waals surface area contributed by atoms with Crippen LogP contribution in [0.15, 0.2) is 53.9 Å². The van der Waals surface area contributed by atoms with Crippen molar-refractivity contribution in [2.24, 2.45) is 5.10 Å². The van der Waals surface area contributed by atoms with Gasteiger partial charge < -0.3 is 10.4 Å². The molecule has 0 radical (unpaired) electrons. The van der Waals surface area contributed by atoms with Gasteiger partial charge >= 0.3 is 5.97 Å². The van der Waals surface area contributed by atoms with E-state index in [4.69, 9.17) is 17.3 Å². The Bertz CT molecular complexity index is 674. The van der Waals surface area contributed by atoms with Crippen LogP contribution in [-0.2, 0) is 0 Å². The summed E-state index contributed by atoms with van der Waals surface area (Å²) in [5.41, 5.74) is 4.23. The molecule has 1 aromatic carbocycles. The summed E-state index contributed by atoms with van der Waals surface area (Å²) in [6.45, 7) is 0. The van der Waals surface area contributed by atoms with Gasteiger partial charge in [0.15, 0.2) is 5.11 Å². The first-order chi connectivity index (χ1) is 10.1. The van der Waals surface area contributed by atoms with Gasteiger partial charge in [0.25, 0.3) is 0 Å². The van der Waals surface area contributed by atoms with Gasteiger partial charge in [-0.25, -0.2) is 4.79 Å². The first-order valence-corrected chi connectivity index (χ1v) is 6.39. The Morgan fingerprint density at radius 2 is 2.19 bits per heavy atom. The molecule has 0 aliphatic carbocycles. The minimum absolute atomic E-state index is 0.182. The molecule has 0 fully saturated rings. The average molecular weight is 300 g/mol. The van der Waals surface area contributed by atoms with Gasteiger partial charge in [-0.05, 0) is 36.5 Å². The molecule has 2 aromatic rings. The second-order valence-corrected chi connectivity index (χ2v) is 4.40. The quantitative estimate of drug-likeness (QED) is 0.455. The Labute approximate surface area is 126 Å². The zero-order chi connectivity index (χ0) is 15.1. The number of carboxylic acids is 1. The molecule has 0 spiro atoms. The Morgan fingerprint density at radius 3 is 2.90 bits per heavy atom. The Balaban J connectivity index is 1.91. The highest BCUT2D eigenvalue weighted by Gasteiger charge is 2.03. The fourth-order valence-electron chi connectivity index (χ4n) is 1.51. The van der Waals surface area contributed by atoms with Crippen LogP contribution < -0.4 is 10.7 Å². The first kappa shape index (κ1) is 14.6. The largest absolute Gasteiger partial charge is 0.478 e. The third kappa shape index (κ3) is 4.66. The molecule has 2 rings (SSSR count). The molecular weight excluding hydrogens is 288 g/mol. The van der Waals surface area contributed by atoms with Crippen LogP contribution in [0.1, 0.15) is 15.9 Å². The van der Waals surface area contributed by atoms with E-state index in [0.29, 0.717) is 5.69 Å². The van der Waals surface area contributed by atoms with Crippen molar-refractivity contribution < 1.29 is 9.90 Å². The Kier molecular flexibility index (Phi) is 4.94. The number of benzene rings is 1. The van der Waals surface area contributed by atoms with Crippen molar-refractivity contribution in [2.75, 3.05) is 5.32 Å². The van der Waals surface area contributed by atoms with E-state index in [2.05, 4.69) is 20.8 Å². The molecule has 0 unspecified atom stereocenters. The molecule has 3 N–H and O–H groups in total. The first-order valence-electron chi connectivity index (χ1n) is 5.98. The van der Waals surface area contributed by atoms with Crippen LogP contribution in [0.4, 0.5) is 5.69 Å². The second-order valence-electron chi connectivity index (χ2n) is 4.00. The van der Waals surface area contributed by atoms with Gasteiger partial charge in [0.05, 0.1) is 11.8 Å². The van der Waals surface area contributed by atoms with E-state index in [1.54, 1.807) is 36.8 Å². The van der Waals surface area contributed by atoms with Crippen LogP contribution in [0, 0.1) is 0 Å². The Hall–Kier alpha value is -2.80. The van der Waals surface area contributed by atoms with Gasteiger partial charge in [-0.2, -0.15) is 5.10 Å². The fourth-order valence-corrected chi connectivity index (χ4v) is 1.68. The number of hydrazone groups is 1. The highest BCUT2D eigenvalue weighted by Crippen LogP contribution is 2.10. The van der Waals surface area contributed by atoms with E-state index < -0.39 is 5.97 Å². The van der Waals surface area contributed by atoms with E-state index in [1.807, 2.05) is 6.07 Å². The predicted octanol–water partition coefficient (Wildman–Crippen LogP) is 2.10. The van der Waals surface area contributed by atoms with Crippen molar-refractivity contribution in [1.29, 1.82) is 0 Å². The highest BCUT2D eigenvalue weighted by molar-refractivity contribution is 7.80. The van der Waals surface area contributed by atoms with Gasteiger partial charge in [-0.15, -0.1) is 0 Å². The van der Waals surface area contributed by atoms with Crippen LogP contribution in [0.25, 0.3) is 0 Å². The van der Waals surface area contributed by atoms with Crippen LogP contribution >= 0.6 is 12.2 Å². The smallest absolute Gasteiger partial charge is 0.335 e. The van der Waals surface area contributed by atoms with E-state index in [0.717, 1.165) is 5.56 Å². The molecule has 0 bridgehead atoms. The molecular formula is C14H12N4O2S. The van der Waals surface area contributed by atoms with E-state index >= 15 is 0 Å². The molecule has 21 heavy (non-hydrogen) atoms. The van der Waals surface area contributed by atoms with Crippen LogP contribution in [-0.4, -0.2) is 27.4 Å². The van der Waals surface area contributed by atoms with Gasteiger partial charge in [0.2, 0.25) is 0 Å². The van der Waals surface area contributed by atoms with Crippen molar-refractivity contribution >= 4 is 35.2 Å². The van der Waals surface area contributed by atoms with Gasteiger partial charge in [-0.1, -0.05) is 12.1 Å². The molecule has 106 valence electrons. The number of aromatic nitrogens is 1. The number of anilines is 1. The molecule has 1 aromatic heterocycles. The van der Waals surface area contributed by atoms with Gasteiger partial charge in [0, 0.05) is 23.6 Å². The van der Waals surface area contributed by atoms with Crippen molar-refractivity contribution in [1.82, 2.24) is 10.4 Å². The van der Waals surface area contributed by atoms with E-state index in [1.165, 1.54) is 12.1 Å². The summed E-state index contributed by atoms with van der Waals surface area (Å²) in [7, 11) is 0. The van der Waals surface area contributed by atoms with Crippen LogP contribution in [0.2, 0.25) is 0 Å². The van der Waals surface area contributed by atoms with Crippen molar-refractivity contribution in [3.05, 3.63) is 59.9 Å². The zero-order valence-corrected chi connectivity index (χ0v) is 11.7. The van der Waals surface area contributed by atoms with Gasteiger partial charge in [-0.3, -0.25) is 10.4 Å². The summed E-state index contributed by atoms with van der Waals surface area (Å²) in [5.74, 6) is -0.993. The lowest BCUT2D eigenvalue weighted by atomic mass is 10.2. The lowest BCUT2D eigenvalue weighted by molar-refractivity contribution is 0.0697. The summed E-state index contributed by atoms with van der Waals surface area (Å²) >= 11 is 5.06. The molecule has 7 heteroatoms. The molecule has 0 amide bonds. The predicted molar refractivity (Wildman–Crippen MR) is 84.6 cm³/mol. The lowest BCUT2D eigenvalue weighted by Gasteiger charge is -2.07. The number of pyridine rings is 1. The summed E-state index contributed by atoms with van der Waals surface area (Å²) in [6, 6.07) is 9.99. The number of nitrogens with zero attached hydrogens (tertiary/aromatic N) is 2. The summed E-state index contributed by atoms with van der Waals surface area (Å²) in [4.78, 5) is 14.8. The van der Waals surface area contributed by atoms with E-state index in [-0.39, 0.29) is 10.7 Å². The number of carboxylic acid groups (broad SMARTS) is 1. The van der Waals surface area contributed by atoms with E-state index in [9.17, 15) is 4.79 Å². The molecule has 0 aliphatic heterocycles. The lowest BCUT2D eigenvalue weighted by Crippen LogP contribution is -2.24. The van der Waals surface area contributed by atoms with Crippen LogP contribution in [0.5, 0.6) is 0 Å². The molecule has 0 saturated carbocycles. The topological polar surface area (TPSA) is 86.6 Å². The molecule has 6 nitrogen and oxygen atoms in total. The number of carbonyl (C=O) groups is 1. The normalized spacial score (nSPS) is 10.3. The third-order valence-corrected chi connectivity index (χ3v) is 2.62. The van der Waals surface area contributed by atoms with Crippen molar-refractivity contribution in [3.63, 3.8) is 0 Å². The molecule has 1 heterocycles. The number of thiocarbonyl (C=S) groups is 1. The van der Waals surface area contributed by atoms with Crippen molar-refractivity contribution in [2.45, 2.75) is 0 Å². The number of rotatable bonds is 4. The summed E-state index contributed by atoms with van der Waals surface area (Å²) in [6.07, 6.45) is 4.92. The van der Waals surface area contributed by atoms with Crippen LogP contribution in [0.3, 0.4) is 0 Å². The summed E-state index contributed by atoms with van der Waals surface area (Å²) in [5, 5.41) is 16.0. The minimum Gasteiger partial charge on any atom is -0.478 e. The second kappa shape index (κ2) is 7.11. The third-order valence-electron chi connectivity index (χ3n) is 2.43. The molecule has 0 atom stereocenters. The number of hydrogen-bond acceptors (Lipinski definition) is 4. The monoisotopic (exact) mass is 300 g/mol.